The lowest BCUT2D eigenvalue weighted by atomic mass is 10.1. The van der Waals surface area contributed by atoms with Crippen molar-refractivity contribution in [1.29, 1.82) is 0 Å². The number of carbonyl (C=O) groups excluding carboxylic acids is 4. The zero-order chi connectivity index (χ0) is 33.2. The highest BCUT2D eigenvalue weighted by atomic mass is 35.5. The summed E-state index contributed by atoms with van der Waals surface area (Å²) >= 11 is 6.24. The van der Waals surface area contributed by atoms with Crippen molar-refractivity contribution < 1.29 is 37.1 Å². The van der Waals surface area contributed by atoms with Crippen molar-refractivity contribution in [3.63, 3.8) is 0 Å². The first-order valence-corrected chi connectivity index (χ1v) is 17.6. The van der Waals surface area contributed by atoms with E-state index in [1.807, 2.05) is 30.3 Å². The van der Waals surface area contributed by atoms with Gasteiger partial charge in [0, 0.05) is 18.2 Å². The normalized spacial score (nSPS) is 21.9. The Labute approximate surface area is 276 Å². The van der Waals surface area contributed by atoms with E-state index in [2.05, 4.69) is 30.6 Å². The van der Waals surface area contributed by atoms with Gasteiger partial charge in [0.15, 0.2) is 0 Å². The number of amides is 4. The minimum Gasteiger partial charge on any atom is -0.472 e. The first kappa shape index (κ1) is 32.7. The van der Waals surface area contributed by atoms with Gasteiger partial charge in [0.05, 0.1) is 11.8 Å². The van der Waals surface area contributed by atoms with Crippen LogP contribution in [0.1, 0.15) is 57.8 Å². The summed E-state index contributed by atoms with van der Waals surface area (Å²) in [6, 6.07) is 9.49. The van der Waals surface area contributed by atoms with Gasteiger partial charge in [-0.05, 0) is 63.5 Å². The number of benzene rings is 1. The van der Waals surface area contributed by atoms with Gasteiger partial charge in [-0.2, -0.15) is 4.98 Å². The molecule has 0 unspecified atom stereocenters. The molecule has 1 aromatic carbocycles. The van der Waals surface area contributed by atoms with Gasteiger partial charge in [-0.3, -0.25) is 19.1 Å². The maximum absolute atomic E-state index is 13.7. The predicted molar refractivity (Wildman–Crippen MR) is 168 cm³/mol. The number of likely N-dealkylation sites (tertiary alicyclic amines) is 1. The Balaban J connectivity index is 1.14. The lowest BCUT2D eigenvalue weighted by Gasteiger charge is -2.26. The van der Waals surface area contributed by atoms with Crippen LogP contribution in [0.3, 0.4) is 0 Å². The summed E-state index contributed by atoms with van der Waals surface area (Å²) in [5.41, 5.74) is -0.675. The van der Waals surface area contributed by atoms with E-state index in [0.717, 1.165) is 31.4 Å². The standard InChI is InChI=1S/C30H36ClN7O8S/c31-23-15-24(35-28(34-23)33-18-6-2-1-3-7-18)45-20-14-22(38(17-20)25(39)16-32-29(42)46-19-8-4-5-9-19)26(40)36-30(12-13-30)27(41)37-47(43,44)21-10-11-21/h1-3,6-7,15,19-22H,4-5,8-14,16-17H2,(H,32,42)(H,36,40)(H,37,41)(H,33,34,35)/t20-,22+/m1/s1. The molecule has 1 aromatic heterocycles. The van der Waals surface area contributed by atoms with Crippen molar-refractivity contribution >= 4 is 57.1 Å². The Hall–Kier alpha value is -4.18. The summed E-state index contributed by atoms with van der Waals surface area (Å²) in [6.45, 7) is -0.480. The number of rotatable bonds is 12. The van der Waals surface area contributed by atoms with Crippen LogP contribution in [0.5, 0.6) is 5.88 Å². The second kappa shape index (κ2) is 13.5. The third-order valence-electron chi connectivity index (χ3n) is 8.58. The van der Waals surface area contributed by atoms with Gasteiger partial charge >= 0.3 is 6.09 Å². The Kier molecular flexibility index (Phi) is 9.41. The number of carbonyl (C=O) groups is 4. The van der Waals surface area contributed by atoms with Gasteiger partial charge in [0.1, 0.15) is 35.5 Å². The number of hydrogen-bond donors (Lipinski definition) is 4. The number of nitrogens with one attached hydrogen (secondary N) is 4. The lowest BCUT2D eigenvalue weighted by Crippen LogP contribution is -2.56. The smallest absolute Gasteiger partial charge is 0.407 e. The summed E-state index contributed by atoms with van der Waals surface area (Å²) < 4.78 is 38.3. The fourth-order valence-electron chi connectivity index (χ4n) is 5.73. The highest BCUT2D eigenvalue weighted by Crippen LogP contribution is 2.38. The van der Waals surface area contributed by atoms with E-state index in [0.29, 0.717) is 12.8 Å². The Bertz CT molecular complexity index is 1630. The molecule has 252 valence electrons. The number of nitrogens with zero attached hydrogens (tertiary/aromatic N) is 3. The summed E-state index contributed by atoms with van der Waals surface area (Å²) in [7, 11) is -3.82. The van der Waals surface area contributed by atoms with Crippen molar-refractivity contribution in [1.82, 2.24) is 30.2 Å². The number of aromatic nitrogens is 2. The minimum absolute atomic E-state index is 0.0191. The van der Waals surface area contributed by atoms with Gasteiger partial charge < -0.3 is 30.3 Å². The van der Waals surface area contributed by atoms with Crippen LogP contribution in [0.15, 0.2) is 36.4 Å². The van der Waals surface area contributed by atoms with Crippen LogP contribution >= 0.6 is 11.6 Å². The van der Waals surface area contributed by atoms with Gasteiger partial charge in [0.2, 0.25) is 33.7 Å². The molecule has 4 N–H and O–H groups in total. The van der Waals surface area contributed by atoms with Crippen LogP contribution < -0.4 is 25.4 Å². The van der Waals surface area contributed by atoms with Crippen LogP contribution in [0.4, 0.5) is 16.4 Å². The highest BCUT2D eigenvalue weighted by Gasteiger charge is 2.55. The summed E-state index contributed by atoms with van der Waals surface area (Å²) in [5.74, 6) is -1.75. The third-order valence-corrected chi connectivity index (χ3v) is 10.6. The second-order valence-corrected chi connectivity index (χ2v) is 14.6. The fourth-order valence-corrected chi connectivity index (χ4v) is 7.28. The molecule has 2 heterocycles. The van der Waals surface area contributed by atoms with Crippen LogP contribution in [0.2, 0.25) is 5.15 Å². The van der Waals surface area contributed by atoms with Crippen LogP contribution in [-0.4, -0.2) is 89.2 Å². The lowest BCUT2D eigenvalue weighted by molar-refractivity contribution is -0.139. The first-order valence-electron chi connectivity index (χ1n) is 15.6. The molecule has 6 rings (SSSR count). The molecule has 47 heavy (non-hydrogen) atoms. The fraction of sp³-hybridized carbons (Fsp3) is 0.533. The zero-order valence-electron chi connectivity index (χ0n) is 25.4. The molecule has 0 bridgehead atoms. The van der Waals surface area contributed by atoms with E-state index in [-0.39, 0.29) is 48.9 Å². The van der Waals surface area contributed by atoms with Crippen molar-refractivity contribution in [3.8, 4) is 5.88 Å². The largest absolute Gasteiger partial charge is 0.472 e. The molecule has 4 amide bonds. The molecule has 0 spiro atoms. The number of ether oxygens (including phenoxy) is 2. The molecule has 4 fully saturated rings. The maximum Gasteiger partial charge on any atom is 0.407 e. The van der Waals surface area contributed by atoms with Crippen molar-refractivity contribution in [3.05, 3.63) is 41.6 Å². The van der Waals surface area contributed by atoms with E-state index in [4.69, 9.17) is 21.1 Å². The molecule has 0 radical (unpaired) electrons. The van der Waals surface area contributed by atoms with Gasteiger partial charge in [-0.25, -0.2) is 18.2 Å². The van der Waals surface area contributed by atoms with Crippen molar-refractivity contribution in [2.75, 3.05) is 18.4 Å². The van der Waals surface area contributed by atoms with Crippen LogP contribution in [0.25, 0.3) is 0 Å². The molecular weight excluding hydrogens is 654 g/mol. The average Bonchev–Trinajstić information content (AvgIpc) is 3.94. The topological polar surface area (TPSA) is 198 Å². The van der Waals surface area contributed by atoms with Crippen molar-refractivity contribution in [2.24, 2.45) is 0 Å². The summed E-state index contributed by atoms with van der Waals surface area (Å²) in [4.78, 5) is 62.1. The molecule has 1 saturated heterocycles. The molecular formula is C30H36ClN7O8S. The van der Waals surface area contributed by atoms with Crippen LogP contribution in [0, 0.1) is 0 Å². The number of para-hydroxylation sites is 1. The van der Waals surface area contributed by atoms with E-state index < -0.39 is 63.3 Å². The first-order chi connectivity index (χ1) is 22.5. The van der Waals surface area contributed by atoms with Gasteiger partial charge in [-0.15, -0.1) is 0 Å². The van der Waals surface area contributed by atoms with Crippen molar-refractivity contribution in [2.45, 2.75) is 86.8 Å². The zero-order valence-corrected chi connectivity index (χ0v) is 27.0. The van der Waals surface area contributed by atoms with E-state index >= 15 is 0 Å². The summed E-state index contributed by atoms with van der Waals surface area (Å²) in [6.07, 6.45) is 3.29. The molecule has 2 atom stereocenters. The Morgan fingerprint density at radius 3 is 2.40 bits per heavy atom. The molecule has 17 heteroatoms. The van der Waals surface area contributed by atoms with Gasteiger partial charge in [0.25, 0.3) is 5.91 Å². The number of alkyl carbamates (subject to hydrolysis) is 1. The maximum atomic E-state index is 13.7. The van der Waals surface area contributed by atoms with E-state index in [1.54, 1.807) is 0 Å². The van der Waals surface area contributed by atoms with Gasteiger partial charge in [-0.1, -0.05) is 29.8 Å². The number of halogens is 1. The predicted octanol–water partition coefficient (Wildman–Crippen LogP) is 2.15. The molecule has 4 aliphatic rings. The third kappa shape index (κ3) is 8.22. The number of anilines is 2. The SMILES string of the molecule is O=C(NCC(=O)N1C[C@H](Oc2cc(Cl)nc(Nc3ccccc3)n2)C[C@H]1C(=O)NC1(C(=O)NS(=O)(=O)C2CC2)CC1)OC1CCCC1. The molecule has 2 aromatic rings. The van der Waals surface area contributed by atoms with E-state index in [9.17, 15) is 27.6 Å². The quantitative estimate of drug-likeness (QED) is 0.238. The minimum atomic E-state index is -3.82. The monoisotopic (exact) mass is 689 g/mol. The average molecular weight is 690 g/mol. The Morgan fingerprint density at radius 2 is 1.72 bits per heavy atom. The van der Waals surface area contributed by atoms with Crippen LogP contribution in [-0.2, 0) is 29.1 Å². The molecule has 3 saturated carbocycles. The molecule has 1 aliphatic heterocycles. The number of hydrogen-bond acceptors (Lipinski definition) is 11. The van der Waals surface area contributed by atoms with E-state index in [1.165, 1.54) is 11.0 Å². The molecule has 3 aliphatic carbocycles. The Morgan fingerprint density at radius 1 is 1.00 bits per heavy atom. The second-order valence-electron chi connectivity index (χ2n) is 12.3. The molecule has 15 nitrogen and oxygen atoms in total. The summed E-state index contributed by atoms with van der Waals surface area (Å²) in [5, 5.41) is 7.68. The number of sulfonamides is 1. The highest BCUT2D eigenvalue weighted by molar-refractivity contribution is 7.91.